The van der Waals surface area contributed by atoms with Gasteiger partial charge >= 0.3 is 29.8 Å². The first-order valence-corrected chi connectivity index (χ1v) is 26.6. The van der Waals surface area contributed by atoms with Gasteiger partial charge in [-0.1, -0.05) is 75.1 Å². The van der Waals surface area contributed by atoms with Crippen molar-refractivity contribution < 1.29 is 73.5 Å². The molecule has 6 rings (SSSR count). The Labute approximate surface area is 431 Å². The first-order chi connectivity index (χ1) is 32.4. The van der Waals surface area contributed by atoms with E-state index in [9.17, 15) is 47.9 Å². The van der Waals surface area contributed by atoms with Crippen LogP contribution in [0.5, 0.6) is 0 Å². The highest BCUT2D eigenvalue weighted by molar-refractivity contribution is 8.00. The quantitative estimate of drug-likeness (QED) is 0.0727. The molecule has 14 atom stereocenters. The van der Waals surface area contributed by atoms with Gasteiger partial charge in [0.1, 0.15) is 18.1 Å². The second-order valence-corrected chi connectivity index (χ2v) is 22.2. The Bertz CT molecular complexity index is 1990. The number of hydrogen-bond acceptors (Lipinski definition) is 15. The fraction of sp³-hybridized carbons (Fsp3) is 0.644. The fourth-order valence-corrected chi connectivity index (χ4v) is 12.1. The van der Waals surface area contributed by atoms with Gasteiger partial charge in [0.05, 0.1) is 33.9 Å². The van der Waals surface area contributed by atoms with E-state index >= 15 is 0 Å². The van der Waals surface area contributed by atoms with E-state index in [0.29, 0.717) is 39.7 Å². The van der Waals surface area contributed by atoms with E-state index in [1.807, 2.05) is 27.7 Å². The van der Waals surface area contributed by atoms with Gasteiger partial charge in [0.2, 0.25) is 29.5 Å². The number of thiol groups is 2. The minimum atomic E-state index is -1.10. The molecule has 6 aliphatic rings. The molecule has 392 valence electrons. The van der Waals surface area contributed by atoms with Gasteiger partial charge in [0, 0.05) is 40.6 Å². The predicted octanol–water partition coefficient (Wildman–Crippen LogP) is 3.20. The van der Waals surface area contributed by atoms with Crippen molar-refractivity contribution in [2.24, 2.45) is 41.4 Å². The van der Waals surface area contributed by atoms with Crippen molar-refractivity contribution in [3.05, 3.63) is 36.5 Å². The summed E-state index contributed by atoms with van der Waals surface area (Å²) in [4.78, 5) is 116. The zero-order valence-corrected chi connectivity index (χ0v) is 44.8. The van der Waals surface area contributed by atoms with E-state index < -0.39 is 60.1 Å². The van der Waals surface area contributed by atoms with Crippen LogP contribution in [0.25, 0.3) is 0 Å². The molecule has 1 unspecified atom stereocenters. The number of carbonyl (C=O) groups excluding carboxylic acids is 5. The number of β-lactam (4-membered cyclic amide) rings is 3. The van der Waals surface area contributed by atoms with Gasteiger partial charge in [-0.15, -0.1) is 35.3 Å². The Morgan fingerprint density at radius 3 is 1.31 bits per heavy atom. The molecule has 70 heavy (non-hydrogen) atoms. The summed E-state index contributed by atoms with van der Waals surface area (Å²) in [5.41, 5.74) is 1.62. The molecule has 0 spiro atoms. The Balaban J connectivity index is 0.000000300. The maximum absolute atomic E-state index is 11.5. The fourth-order valence-electron chi connectivity index (χ4n) is 7.60. The summed E-state index contributed by atoms with van der Waals surface area (Å²) in [6, 6.07) is -4.03. The van der Waals surface area contributed by atoms with Gasteiger partial charge in [-0.25, -0.2) is 24.0 Å². The molecule has 6 heterocycles. The highest BCUT2D eigenvalue weighted by atomic mass is 32.2. The third kappa shape index (κ3) is 14.6. The molecule has 0 aliphatic carbocycles. The summed E-state index contributed by atoms with van der Waals surface area (Å²) in [7, 11) is 0. The molecule has 0 aromatic rings. The van der Waals surface area contributed by atoms with E-state index in [2.05, 4.69) is 55.6 Å². The number of nitrogens with zero attached hydrogens (tertiary/aromatic N) is 3. The van der Waals surface area contributed by atoms with Crippen molar-refractivity contribution in [2.45, 2.75) is 109 Å². The van der Waals surface area contributed by atoms with Crippen LogP contribution in [-0.4, -0.2) is 175 Å². The Morgan fingerprint density at radius 2 is 1.00 bits per heavy atom. The third-order valence-electron chi connectivity index (χ3n) is 12.0. The molecule has 0 saturated carbocycles. The van der Waals surface area contributed by atoms with E-state index in [1.165, 1.54) is 14.7 Å². The number of fused-ring (bicyclic) bond motifs is 3. The maximum atomic E-state index is 11.5. The number of rotatable bonds is 13. The van der Waals surface area contributed by atoms with Crippen LogP contribution in [0.1, 0.15) is 62.3 Å². The maximum Gasteiger partial charge on any atom is 0.330 e. The summed E-state index contributed by atoms with van der Waals surface area (Å²) >= 11 is 12.8. The minimum absolute atomic E-state index is 0.00523. The smallest absolute Gasteiger partial charge is 0.330 e. The van der Waals surface area contributed by atoms with Crippen molar-refractivity contribution in [3.8, 4) is 0 Å². The lowest BCUT2D eigenvalue weighted by atomic mass is 9.92. The SMILES string of the molecule is C=C(C)[C@@H](NC(=O)[C@@H](C)CS)C(=O)O.C=C1CS[C@@H]2[C@H](C)C(=O)N2[C@H]1C(=O)O.C=C1CS[C@@H]2[C@H](C)C(=O)N2[C@H]1C(=O)O.CC(C)[C@@H](NC(=O)[C@@H](C)CS)C(=O)O.CC1CS[C@@H]2[C@H](C)C(=O)N2[C@H]1C(=O)O. The van der Waals surface area contributed by atoms with Crippen LogP contribution >= 0.6 is 60.5 Å². The van der Waals surface area contributed by atoms with Crippen molar-refractivity contribution in [1.29, 1.82) is 0 Å². The first kappa shape index (κ1) is 61.8. The summed E-state index contributed by atoms with van der Waals surface area (Å²) in [5.74, 6) is -3.51. The van der Waals surface area contributed by atoms with Gasteiger partial charge in [0.15, 0.2) is 12.1 Å². The third-order valence-corrected chi connectivity index (χ3v) is 17.9. The van der Waals surface area contributed by atoms with Crippen LogP contribution in [0.15, 0.2) is 36.5 Å². The van der Waals surface area contributed by atoms with Crippen LogP contribution in [0.2, 0.25) is 0 Å². The zero-order chi connectivity index (χ0) is 54.0. The molecule has 6 fully saturated rings. The summed E-state index contributed by atoms with van der Waals surface area (Å²) in [6.45, 7) is 26.8. The molecule has 0 aromatic carbocycles. The van der Waals surface area contributed by atoms with Crippen molar-refractivity contribution in [2.75, 3.05) is 28.8 Å². The molecule has 6 saturated heterocycles. The van der Waals surface area contributed by atoms with E-state index in [4.69, 9.17) is 25.5 Å². The van der Waals surface area contributed by atoms with Crippen LogP contribution < -0.4 is 10.6 Å². The normalized spacial score (nSPS) is 28.7. The minimum Gasteiger partial charge on any atom is -0.480 e. The number of thioether (sulfide) groups is 3. The van der Waals surface area contributed by atoms with Gasteiger partial charge < -0.3 is 50.9 Å². The van der Waals surface area contributed by atoms with Crippen molar-refractivity contribution in [3.63, 3.8) is 0 Å². The molecular formula is C45H67N5O15S5. The molecule has 7 N–H and O–H groups in total. The van der Waals surface area contributed by atoms with Crippen LogP contribution in [0.4, 0.5) is 0 Å². The molecule has 6 aliphatic heterocycles. The summed E-state index contributed by atoms with van der Waals surface area (Å²) in [6.07, 6.45) is 0. The Kier molecular flexibility index (Phi) is 23.8. The topological polar surface area (TPSA) is 306 Å². The molecule has 5 amide bonds. The second-order valence-electron chi connectivity index (χ2n) is 18.1. The van der Waals surface area contributed by atoms with Crippen molar-refractivity contribution >= 4 is 120 Å². The van der Waals surface area contributed by atoms with Crippen LogP contribution in [0, 0.1) is 41.4 Å². The largest absolute Gasteiger partial charge is 0.480 e. The number of nitrogens with one attached hydrogen (secondary N) is 2. The molecule has 0 aromatic heterocycles. The number of carboxylic acid groups (broad SMARTS) is 5. The molecule has 0 radical (unpaired) electrons. The Morgan fingerprint density at radius 1 is 0.629 bits per heavy atom. The van der Waals surface area contributed by atoms with Gasteiger partial charge in [-0.05, 0) is 35.5 Å². The molecule has 25 heteroatoms. The van der Waals surface area contributed by atoms with Gasteiger partial charge in [0.25, 0.3) is 0 Å². The second kappa shape index (κ2) is 26.9. The number of carboxylic acids is 5. The van der Waals surface area contributed by atoms with Gasteiger partial charge in [-0.2, -0.15) is 25.3 Å². The monoisotopic (exact) mass is 1080 g/mol. The van der Waals surface area contributed by atoms with E-state index in [1.54, 1.807) is 69.9 Å². The Hall–Kier alpha value is -4.33. The highest BCUT2D eigenvalue weighted by Gasteiger charge is 2.56. The summed E-state index contributed by atoms with van der Waals surface area (Å²) in [5, 5.41) is 49.6. The lowest BCUT2D eigenvalue weighted by molar-refractivity contribution is -0.166. The molecular weight excluding hydrogens is 1010 g/mol. The first-order valence-electron chi connectivity index (χ1n) is 22.2. The number of carbonyl (C=O) groups is 10. The number of amides is 5. The van der Waals surface area contributed by atoms with E-state index in [-0.39, 0.29) is 87.1 Å². The number of hydrogen-bond donors (Lipinski definition) is 9. The average Bonchev–Trinajstić information content (AvgIpc) is 3.30. The molecule has 20 nitrogen and oxygen atoms in total. The highest BCUT2D eigenvalue weighted by Crippen LogP contribution is 2.45. The standard InChI is InChI=1S/C9H13NO3S.2C9H11NO3S.C9H17NO3S.C9H15NO3S/c3*1-4-3-14-8-5(2)7(11)10(8)6(4)9(12)13;2*1-5(2)7(9(12)13)10-8(11)6(3)4-14/h4-6,8H,3H2,1-2H3,(H,12,13);2*5-6,8H,1,3H2,2H3,(H,12,13);5-7,14H,4H2,1-3H3,(H,10,11)(H,12,13);6-7,14H,1,4H2,2-3H3,(H,10,11)(H,12,13)/t4?,5-,6-,8-;2*5-,6-,8-;2*6-,7+/m11100/s1. The lowest BCUT2D eigenvalue weighted by Gasteiger charge is -2.53. The van der Waals surface area contributed by atoms with E-state index in [0.717, 1.165) is 5.75 Å². The average molecular weight is 1080 g/mol. The van der Waals surface area contributed by atoms with Crippen molar-refractivity contribution in [1.82, 2.24) is 25.3 Å². The number of aliphatic carboxylic acids is 5. The van der Waals surface area contributed by atoms with Gasteiger partial charge in [-0.3, -0.25) is 24.0 Å². The molecule has 0 bridgehead atoms. The predicted molar refractivity (Wildman–Crippen MR) is 273 cm³/mol. The lowest BCUT2D eigenvalue weighted by Crippen LogP contribution is -2.68. The summed E-state index contributed by atoms with van der Waals surface area (Å²) < 4.78 is 0. The zero-order valence-electron chi connectivity index (χ0n) is 40.6. The van der Waals surface area contributed by atoms with Crippen LogP contribution in [0.3, 0.4) is 0 Å². The van der Waals surface area contributed by atoms with Crippen LogP contribution in [-0.2, 0) is 47.9 Å².